The second kappa shape index (κ2) is 10.4. The van der Waals surface area contributed by atoms with Crippen LogP contribution in [-0.2, 0) is 0 Å². The van der Waals surface area contributed by atoms with Crippen LogP contribution in [0.5, 0.6) is 5.75 Å². The van der Waals surface area contributed by atoms with Crippen molar-refractivity contribution >= 4 is 6.08 Å². The predicted molar refractivity (Wildman–Crippen MR) is 104 cm³/mol. The fraction of sp³-hybridized carbons (Fsp3) is 0.409. The van der Waals surface area contributed by atoms with Gasteiger partial charge in [-0.25, -0.2) is 0 Å². The molecule has 0 amide bonds. The minimum Gasteiger partial charge on any atom is -0.494 e. The maximum Gasteiger partial charge on any atom is 0.119 e. The van der Waals surface area contributed by atoms with Gasteiger partial charge in [0.2, 0.25) is 0 Å². The fourth-order valence-electron chi connectivity index (χ4n) is 2.84. The van der Waals surface area contributed by atoms with Crippen LogP contribution < -0.4 is 10.5 Å². The first kappa shape index (κ1) is 18.9. The molecule has 0 saturated heterocycles. The zero-order valence-corrected chi connectivity index (χ0v) is 15.1. The Bertz CT molecular complexity index is 675. The normalized spacial score (nSPS) is 15.4. The van der Waals surface area contributed by atoms with E-state index in [1.165, 1.54) is 32.1 Å². The predicted octanol–water partition coefficient (Wildman–Crippen LogP) is 5.51. The van der Waals surface area contributed by atoms with E-state index in [4.69, 9.17) is 10.5 Å². The molecule has 0 radical (unpaired) electrons. The van der Waals surface area contributed by atoms with E-state index in [1.54, 1.807) is 12.2 Å². The van der Waals surface area contributed by atoms with E-state index in [0.717, 1.165) is 35.6 Å². The average Bonchev–Trinajstić information content (AvgIpc) is 2.62. The van der Waals surface area contributed by atoms with Crippen LogP contribution in [0.2, 0.25) is 0 Å². The summed E-state index contributed by atoms with van der Waals surface area (Å²) < 4.78 is 5.80. The summed E-state index contributed by atoms with van der Waals surface area (Å²) in [6.07, 6.45) is 13.8. The Balaban J connectivity index is 1.82. The first-order chi connectivity index (χ1) is 12.2. The Labute approximate surface area is 151 Å². The number of hydrogen-bond donors (Lipinski definition) is 1. The number of allylic oxidation sites excluding steroid dienone is 4. The van der Waals surface area contributed by atoms with E-state index < -0.39 is 0 Å². The Morgan fingerprint density at radius 1 is 1.08 bits per heavy atom. The number of nitriles is 1. The molecule has 0 heterocycles. The van der Waals surface area contributed by atoms with Crippen LogP contribution in [0.15, 0.2) is 53.3 Å². The molecule has 25 heavy (non-hydrogen) atoms. The quantitative estimate of drug-likeness (QED) is 0.605. The van der Waals surface area contributed by atoms with E-state index in [1.807, 2.05) is 30.3 Å². The molecule has 0 aliphatic heterocycles. The summed E-state index contributed by atoms with van der Waals surface area (Å²) in [7, 11) is 0. The molecule has 0 aromatic heterocycles. The van der Waals surface area contributed by atoms with E-state index in [-0.39, 0.29) is 0 Å². The van der Waals surface area contributed by atoms with Crippen molar-refractivity contribution in [1.29, 1.82) is 5.26 Å². The molecule has 2 N–H and O–H groups in total. The van der Waals surface area contributed by atoms with Crippen molar-refractivity contribution in [2.45, 2.75) is 51.9 Å². The minimum absolute atomic E-state index is 0.621. The van der Waals surface area contributed by atoms with Gasteiger partial charge in [0.15, 0.2) is 0 Å². The first-order valence-corrected chi connectivity index (χ1v) is 9.23. The van der Waals surface area contributed by atoms with Gasteiger partial charge in [-0.3, -0.25) is 0 Å². The number of ether oxygens (including phenoxy) is 1. The van der Waals surface area contributed by atoms with Crippen molar-refractivity contribution < 1.29 is 4.74 Å². The van der Waals surface area contributed by atoms with Crippen LogP contribution in [0.25, 0.3) is 6.08 Å². The summed E-state index contributed by atoms with van der Waals surface area (Å²) in [6, 6.07) is 10.2. The lowest BCUT2D eigenvalue weighted by molar-refractivity contribution is 0.304. The summed E-state index contributed by atoms with van der Waals surface area (Å²) in [4.78, 5) is 0. The lowest BCUT2D eigenvalue weighted by Gasteiger charge is -2.11. The monoisotopic (exact) mass is 336 g/mol. The zero-order chi connectivity index (χ0) is 17.9. The van der Waals surface area contributed by atoms with E-state index in [9.17, 15) is 5.26 Å². The molecule has 0 unspecified atom stereocenters. The molecule has 1 aromatic rings. The van der Waals surface area contributed by atoms with E-state index in [0.29, 0.717) is 12.0 Å². The van der Waals surface area contributed by atoms with E-state index >= 15 is 0 Å². The fourth-order valence-corrected chi connectivity index (χ4v) is 2.84. The SMILES string of the molecule is CCCCCCCCOc1ccc(C=C2CC(N)=CC=C2C#N)cc1. The summed E-state index contributed by atoms with van der Waals surface area (Å²) >= 11 is 0. The lowest BCUT2D eigenvalue weighted by Crippen LogP contribution is -2.04. The van der Waals surface area contributed by atoms with Crippen molar-refractivity contribution in [2.24, 2.45) is 5.73 Å². The largest absolute Gasteiger partial charge is 0.494 e. The van der Waals surface area contributed by atoms with Gasteiger partial charge in [-0.15, -0.1) is 0 Å². The molecule has 0 saturated carbocycles. The highest BCUT2D eigenvalue weighted by Gasteiger charge is 2.10. The molecule has 0 bridgehead atoms. The van der Waals surface area contributed by atoms with Crippen LogP contribution in [0.3, 0.4) is 0 Å². The molecule has 1 aliphatic carbocycles. The number of nitrogens with two attached hydrogens (primary N) is 1. The number of benzene rings is 1. The van der Waals surface area contributed by atoms with Gasteiger partial charge in [0, 0.05) is 12.1 Å². The smallest absolute Gasteiger partial charge is 0.119 e. The van der Waals surface area contributed by atoms with Gasteiger partial charge in [0.05, 0.1) is 18.2 Å². The van der Waals surface area contributed by atoms with Crippen LogP contribution in [0.1, 0.15) is 57.4 Å². The number of unbranched alkanes of at least 4 members (excludes halogenated alkanes) is 5. The summed E-state index contributed by atoms with van der Waals surface area (Å²) in [5.41, 5.74) is 9.35. The lowest BCUT2D eigenvalue weighted by atomic mass is 9.95. The third kappa shape index (κ3) is 6.51. The molecule has 132 valence electrons. The summed E-state index contributed by atoms with van der Waals surface area (Å²) in [5.74, 6) is 0.898. The first-order valence-electron chi connectivity index (χ1n) is 9.23. The maximum absolute atomic E-state index is 9.21. The summed E-state index contributed by atoms with van der Waals surface area (Å²) in [6.45, 7) is 3.01. The molecule has 3 nitrogen and oxygen atoms in total. The highest BCUT2D eigenvalue weighted by Crippen LogP contribution is 2.25. The maximum atomic E-state index is 9.21. The number of nitrogens with zero attached hydrogens (tertiary/aromatic N) is 1. The van der Waals surface area contributed by atoms with Crippen LogP contribution >= 0.6 is 0 Å². The van der Waals surface area contributed by atoms with Gasteiger partial charge < -0.3 is 10.5 Å². The molecule has 2 rings (SSSR count). The molecular formula is C22H28N2O. The molecule has 1 aromatic carbocycles. The molecule has 1 aliphatic rings. The van der Waals surface area contributed by atoms with Gasteiger partial charge in [-0.2, -0.15) is 5.26 Å². The third-order valence-electron chi connectivity index (χ3n) is 4.31. The van der Waals surface area contributed by atoms with Gasteiger partial charge in [-0.1, -0.05) is 57.2 Å². The van der Waals surface area contributed by atoms with Gasteiger partial charge in [0.1, 0.15) is 5.75 Å². The second-order valence-corrected chi connectivity index (χ2v) is 6.47. The topological polar surface area (TPSA) is 59.0 Å². The molecule has 0 atom stereocenters. The van der Waals surface area contributed by atoms with E-state index in [2.05, 4.69) is 13.0 Å². The summed E-state index contributed by atoms with van der Waals surface area (Å²) in [5, 5.41) is 9.21. The Morgan fingerprint density at radius 3 is 2.52 bits per heavy atom. The van der Waals surface area contributed by atoms with Crippen molar-refractivity contribution in [3.63, 3.8) is 0 Å². The Hall–Kier alpha value is -2.47. The highest BCUT2D eigenvalue weighted by molar-refractivity contribution is 5.64. The number of rotatable bonds is 9. The molecule has 3 heteroatoms. The van der Waals surface area contributed by atoms with Gasteiger partial charge in [0.25, 0.3) is 0 Å². The molecular weight excluding hydrogens is 308 g/mol. The van der Waals surface area contributed by atoms with Crippen LogP contribution in [-0.4, -0.2) is 6.61 Å². The van der Waals surface area contributed by atoms with Gasteiger partial charge >= 0.3 is 0 Å². The third-order valence-corrected chi connectivity index (χ3v) is 4.31. The average molecular weight is 336 g/mol. The van der Waals surface area contributed by atoms with Crippen molar-refractivity contribution in [3.05, 3.63) is 58.8 Å². The van der Waals surface area contributed by atoms with Crippen molar-refractivity contribution in [3.8, 4) is 11.8 Å². The second-order valence-electron chi connectivity index (χ2n) is 6.47. The van der Waals surface area contributed by atoms with Crippen molar-refractivity contribution in [2.75, 3.05) is 6.61 Å². The van der Waals surface area contributed by atoms with Gasteiger partial charge in [-0.05, 0) is 41.8 Å². The minimum atomic E-state index is 0.621. The zero-order valence-electron chi connectivity index (χ0n) is 15.1. The number of hydrogen-bond acceptors (Lipinski definition) is 3. The Morgan fingerprint density at radius 2 is 1.80 bits per heavy atom. The highest BCUT2D eigenvalue weighted by atomic mass is 16.5. The Kier molecular flexibility index (Phi) is 7.85. The van der Waals surface area contributed by atoms with Crippen molar-refractivity contribution in [1.82, 2.24) is 0 Å². The van der Waals surface area contributed by atoms with Crippen LogP contribution in [0, 0.1) is 11.3 Å². The molecule has 0 fully saturated rings. The molecule has 0 spiro atoms. The standard InChI is InChI=1S/C22H28N2O/c1-2-3-4-5-6-7-14-25-22-12-8-18(9-13-22)15-20-16-21(24)11-10-19(20)17-23/h8-13,15H,2-7,14,16,24H2,1H3. The van der Waals surface area contributed by atoms with Crippen LogP contribution in [0.4, 0.5) is 0 Å².